The lowest BCUT2D eigenvalue weighted by molar-refractivity contribution is -0.139. The number of nitrogens with one attached hydrogen (secondary N) is 1. The molecule has 0 unspecified atom stereocenters. The number of nitrogens with zero attached hydrogens (tertiary/aromatic N) is 2. The van der Waals surface area contributed by atoms with E-state index in [2.05, 4.69) is 21.2 Å². The molecule has 12 heteroatoms. The first-order valence-corrected chi connectivity index (χ1v) is 13.8. The molecule has 0 radical (unpaired) electrons. The van der Waals surface area contributed by atoms with Gasteiger partial charge < -0.3 is 10.2 Å². The average molecular weight is 592 g/mol. The number of carbonyl (C=O) groups excluding carboxylic acids is 2. The maximum atomic E-state index is 13.5. The number of amides is 2. The van der Waals surface area contributed by atoms with Gasteiger partial charge in [-0.05, 0) is 56.2 Å². The van der Waals surface area contributed by atoms with Gasteiger partial charge in [0.15, 0.2) is 0 Å². The molecular formula is C24H29BrF3N3O4S. The van der Waals surface area contributed by atoms with Crippen LogP contribution in [0.25, 0.3) is 0 Å². The van der Waals surface area contributed by atoms with Gasteiger partial charge in [0.25, 0.3) is 0 Å². The van der Waals surface area contributed by atoms with E-state index in [4.69, 9.17) is 0 Å². The third-order valence-corrected chi connectivity index (χ3v) is 7.18. The van der Waals surface area contributed by atoms with Crippen LogP contribution in [0, 0.1) is 0 Å². The molecule has 2 rings (SSSR count). The second kappa shape index (κ2) is 12.1. The van der Waals surface area contributed by atoms with Crippen molar-refractivity contribution >= 4 is 43.5 Å². The summed E-state index contributed by atoms with van der Waals surface area (Å²) in [5, 5.41) is 2.80. The number of rotatable bonds is 10. The quantitative estimate of drug-likeness (QED) is 0.438. The zero-order valence-corrected chi connectivity index (χ0v) is 22.7. The standard InChI is InChI=1S/C24H29BrF3N3O4S/c1-5-16(2)29-23(33)17(3)30(14-18-8-6-10-20(25)12-18)22(32)15-31(36(4,34)35)21-11-7-9-19(13-21)24(26,27)28/h6-13,16-17H,5,14-15H2,1-4H3,(H,29,33)/t16-,17-/m1/s1. The Morgan fingerprint density at radius 1 is 1.08 bits per heavy atom. The van der Waals surface area contributed by atoms with Crippen molar-refractivity contribution in [1.29, 1.82) is 0 Å². The highest BCUT2D eigenvalue weighted by Gasteiger charge is 2.33. The summed E-state index contributed by atoms with van der Waals surface area (Å²) in [5.74, 6) is -1.18. The van der Waals surface area contributed by atoms with Crippen LogP contribution in [0.4, 0.5) is 18.9 Å². The van der Waals surface area contributed by atoms with Crippen molar-refractivity contribution in [1.82, 2.24) is 10.2 Å². The van der Waals surface area contributed by atoms with Crippen molar-refractivity contribution in [2.75, 3.05) is 17.1 Å². The van der Waals surface area contributed by atoms with E-state index in [9.17, 15) is 31.2 Å². The number of carbonyl (C=O) groups is 2. The molecular weight excluding hydrogens is 563 g/mol. The van der Waals surface area contributed by atoms with E-state index < -0.39 is 46.2 Å². The highest BCUT2D eigenvalue weighted by Crippen LogP contribution is 2.32. The van der Waals surface area contributed by atoms with E-state index in [1.54, 1.807) is 24.3 Å². The highest BCUT2D eigenvalue weighted by atomic mass is 79.9. The fraction of sp³-hybridized carbons (Fsp3) is 0.417. The van der Waals surface area contributed by atoms with E-state index >= 15 is 0 Å². The second-order valence-electron chi connectivity index (χ2n) is 8.46. The van der Waals surface area contributed by atoms with Gasteiger partial charge in [-0.15, -0.1) is 0 Å². The lowest BCUT2D eigenvalue weighted by Gasteiger charge is -2.32. The molecule has 0 aliphatic heterocycles. The van der Waals surface area contributed by atoms with E-state index in [-0.39, 0.29) is 18.3 Å². The number of alkyl halides is 3. The molecule has 7 nitrogen and oxygen atoms in total. The zero-order valence-electron chi connectivity index (χ0n) is 20.3. The van der Waals surface area contributed by atoms with Gasteiger partial charge in [0.1, 0.15) is 12.6 Å². The van der Waals surface area contributed by atoms with E-state index in [1.165, 1.54) is 17.9 Å². The van der Waals surface area contributed by atoms with Gasteiger partial charge in [-0.3, -0.25) is 13.9 Å². The summed E-state index contributed by atoms with van der Waals surface area (Å²) in [4.78, 5) is 27.5. The first kappa shape index (κ1) is 29.6. The average Bonchev–Trinajstić information content (AvgIpc) is 2.79. The maximum Gasteiger partial charge on any atom is 0.416 e. The predicted molar refractivity (Wildman–Crippen MR) is 136 cm³/mol. The molecule has 1 N–H and O–H groups in total. The minimum absolute atomic E-state index is 0.0203. The number of hydrogen-bond acceptors (Lipinski definition) is 4. The molecule has 0 aromatic heterocycles. The van der Waals surface area contributed by atoms with Gasteiger partial charge >= 0.3 is 6.18 Å². The van der Waals surface area contributed by atoms with E-state index in [0.29, 0.717) is 22.4 Å². The monoisotopic (exact) mass is 591 g/mol. The van der Waals surface area contributed by atoms with Crippen LogP contribution >= 0.6 is 15.9 Å². The van der Waals surface area contributed by atoms with Crippen LogP contribution in [-0.4, -0.2) is 50.0 Å². The fourth-order valence-electron chi connectivity index (χ4n) is 3.33. The van der Waals surface area contributed by atoms with Crippen molar-refractivity contribution in [3.63, 3.8) is 0 Å². The van der Waals surface area contributed by atoms with Crippen LogP contribution in [0.5, 0.6) is 0 Å². The summed E-state index contributed by atoms with van der Waals surface area (Å²) < 4.78 is 66.1. The Bertz CT molecular complexity index is 1190. The Kier molecular flexibility index (Phi) is 9.95. The number of anilines is 1. The van der Waals surface area contributed by atoms with Crippen LogP contribution < -0.4 is 9.62 Å². The van der Waals surface area contributed by atoms with Crippen molar-refractivity contribution in [2.24, 2.45) is 0 Å². The minimum atomic E-state index is -4.70. The Balaban J connectivity index is 2.44. The molecule has 0 saturated heterocycles. The van der Waals surface area contributed by atoms with Crippen molar-refractivity contribution in [3.8, 4) is 0 Å². The van der Waals surface area contributed by atoms with Crippen LogP contribution in [0.2, 0.25) is 0 Å². The first-order chi connectivity index (χ1) is 16.6. The lowest BCUT2D eigenvalue weighted by atomic mass is 10.1. The first-order valence-electron chi connectivity index (χ1n) is 11.1. The Hall–Kier alpha value is -2.60. The normalized spacial score (nSPS) is 13.6. The maximum absolute atomic E-state index is 13.5. The van der Waals surface area contributed by atoms with Crippen LogP contribution in [0.3, 0.4) is 0 Å². The molecule has 0 aliphatic rings. The molecule has 0 fully saturated rings. The predicted octanol–water partition coefficient (Wildman–Crippen LogP) is 4.57. The summed E-state index contributed by atoms with van der Waals surface area (Å²) in [6.45, 7) is 4.41. The third-order valence-electron chi connectivity index (χ3n) is 5.55. The summed E-state index contributed by atoms with van der Waals surface area (Å²) in [7, 11) is -4.15. The molecule has 0 aliphatic carbocycles. The Labute approximate surface area is 217 Å². The summed E-state index contributed by atoms with van der Waals surface area (Å²) in [6, 6.07) is 9.63. The Morgan fingerprint density at radius 2 is 1.72 bits per heavy atom. The van der Waals surface area contributed by atoms with Crippen molar-refractivity contribution in [3.05, 3.63) is 64.1 Å². The third kappa shape index (κ3) is 8.22. The topological polar surface area (TPSA) is 86.8 Å². The van der Waals surface area contributed by atoms with Gasteiger partial charge in [0, 0.05) is 17.1 Å². The largest absolute Gasteiger partial charge is 0.416 e. The van der Waals surface area contributed by atoms with Crippen LogP contribution in [0.1, 0.15) is 38.3 Å². The van der Waals surface area contributed by atoms with Crippen LogP contribution in [0.15, 0.2) is 53.0 Å². The van der Waals surface area contributed by atoms with Crippen molar-refractivity contribution < 1.29 is 31.2 Å². The zero-order chi connectivity index (χ0) is 27.3. The molecule has 2 aromatic rings. The van der Waals surface area contributed by atoms with E-state index in [1.807, 2.05) is 13.8 Å². The highest BCUT2D eigenvalue weighted by molar-refractivity contribution is 9.10. The molecule has 0 saturated carbocycles. The minimum Gasteiger partial charge on any atom is -0.352 e. The summed E-state index contributed by atoms with van der Waals surface area (Å²) in [6.07, 6.45) is -3.23. The van der Waals surface area contributed by atoms with Gasteiger partial charge in [-0.25, -0.2) is 8.42 Å². The molecule has 0 heterocycles. The number of sulfonamides is 1. The van der Waals surface area contributed by atoms with Gasteiger partial charge in [0.2, 0.25) is 21.8 Å². The fourth-order valence-corrected chi connectivity index (χ4v) is 4.62. The van der Waals surface area contributed by atoms with Crippen molar-refractivity contribution in [2.45, 2.75) is 52.0 Å². The second-order valence-corrected chi connectivity index (χ2v) is 11.3. The molecule has 0 bridgehead atoms. The number of hydrogen-bond donors (Lipinski definition) is 1. The Morgan fingerprint density at radius 3 is 2.28 bits per heavy atom. The molecule has 36 heavy (non-hydrogen) atoms. The SMILES string of the molecule is CC[C@@H](C)NC(=O)[C@@H](C)N(Cc1cccc(Br)c1)C(=O)CN(c1cccc(C(F)(F)F)c1)S(C)(=O)=O. The van der Waals surface area contributed by atoms with Crippen LogP contribution in [-0.2, 0) is 32.3 Å². The number of halogens is 4. The number of benzene rings is 2. The van der Waals surface area contributed by atoms with Gasteiger partial charge in [-0.1, -0.05) is 41.1 Å². The van der Waals surface area contributed by atoms with Gasteiger partial charge in [-0.2, -0.15) is 13.2 Å². The lowest BCUT2D eigenvalue weighted by Crippen LogP contribution is -2.52. The summed E-state index contributed by atoms with van der Waals surface area (Å²) in [5.41, 5.74) is -0.681. The van der Waals surface area contributed by atoms with Gasteiger partial charge in [0.05, 0.1) is 17.5 Å². The molecule has 2 amide bonds. The smallest absolute Gasteiger partial charge is 0.352 e. The molecule has 2 aromatic carbocycles. The molecule has 198 valence electrons. The van der Waals surface area contributed by atoms with E-state index in [0.717, 1.165) is 22.9 Å². The summed E-state index contributed by atoms with van der Waals surface area (Å²) >= 11 is 3.35. The molecule has 0 spiro atoms. The molecule has 2 atom stereocenters.